The van der Waals surface area contributed by atoms with E-state index in [0.717, 1.165) is 0 Å². The number of ether oxygens (including phenoxy) is 1. The minimum absolute atomic E-state index is 0.0899. The molecule has 0 aliphatic carbocycles. The Balaban J connectivity index is 3.96. The van der Waals surface area contributed by atoms with Crippen LogP contribution in [0.5, 0.6) is 0 Å². The highest BCUT2D eigenvalue weighted by molar-refractivity contribution is 7.80. The normalized spacial score (nSPS) is 14.3. The number of thiocarbonyl (C=S) groups is 1. The van der Waals surface area contributed by atoms with Gasteiger partial charge in [-0.1, -0.05) is 26.1 Å². The Kier molecular flexibility index (Phi) is 7.25. The van der Waals surface area contributed by atoms with Crippen LogP contribution in [0.1, 0.15) is 20.3 Å². The summed E-state index contributed by atoms with van der Waals surface area (Å²) in [4.78, 5) is 11.9. The van der Waals surface area contributed by atoms with E-state index < -0.39 is 0 Å². The van der Waals surface area contributed by atoms with Gasteiger partial charge in [-0.05, 0) is 12.3 Å². The van der Waals surface area contributed by atoms with Crippen LogP contribution in [0.3, 0.4) is 0 Å². The Bertz CT molecular complexity index is 221. The van der Waals surface area contributed by atoms with E-state index in [4.69, 9.17) is 22.7 Å². The van der Waals surface area contributed by atoms with E-state index in [1.54, 1.807) is 7.11 Å². The highest BCUT2D eigenvalue weighted by Crippen LogP contribution is 2.03. The van der Waals surface area contributed by atoms with Crippen molar-refractivity contribution in [3.63, 3.8) is 0 Å². The summed E-state index contributed by atoms with van der Waals surface area (Å²) in [5.41, 5.74) is 5.46. The SMILES string of the molecule is CCC(C(=O)NCC(C)COC)C(N)=S. The second-order valence-corrected chi connectivity index (χ2v) is 4.14. The van der Waals surface area contributed by atoms with Gasteiger partial charge in [-0.3, -0.25) is 4.79 Å². The summed E-state index contributed by atoms with van der Waals surface area (Å²) in [6.07, 6.45) is 0.639. The Labute approximate surface area is 96.5 Å². The summed E-state index contributed by atoms with van der Waals surface area (Å²) >= 11 is 4.82. The lowest BCUT2D eigenvalue weighted by Gasteiger charge is -2.16. The zero-order chi connectivity index (χ0) is 11.8. The third kappa shape index (κ3) is 5.69. The van der Waals surface area contributed by atoms with Gasteiger partial charge in [0.25, 0.3) is 0 Å². The fraction of sp³-hybridized carbons (Fsp3) is 0.800. The maximum atomic E-state index is 11.6. The molecule has 0 rings (SSSR count). The molecular formula is C10H20N2O2S. The Morgan fingerprint density at radius 2 is 2.20 bits per heavy atom. The molecule has 0 aromatic carbocycles. The smallest absolute Gasteiger partial charge is 0.229 e. The molecule has 0 aromatic heterocycles. The van der Waals surface area contributed by atoms with Crippen LogP contribution in [-0.2, 0) is 9.53 Å². The first-order chi connectivity index (χ1) is 7.02. The number of carbonyl (C=O) groups excluding carboxylic acids is 1. The molecule has 0 heterocycles. The van der Waals surface area contributed by atoms with E-state index >= 15 is 0 Å². The number of rotatable bonds is 7. The first-order valence-corrected chi connectivity index (χ1v) is 5.49. The van der Waals surface area contributed by atoms with Gasteiger partial charge in [-0.2, -0.15) is 0 Å². The Hall–Kier alpha value is -0.680. The van der Waals surface area contributed by atoms with Crippen LogP contribution in [0.25, 0.3) is 0 Å². The van der Waals surface area contributed by atoms with Crippen molar-refractivity contribution in [1.82, 2.24) is 5.32 Å². The van der Waals surface area contributed by atoms with E-state index in [9.17, 15) is 4.79 Å². The first-order valence-electron chi connectivity index (χ1n) is 5.08. The molecule has 3 N–H and O–H groups in total. The molecule has 0 saturated heterocycles. The summed E-state index contributed by atoms with van der Waals surface area (Å²) in [5, 5.41) is 2.81. The molecular weight excluding hydrogens is 212 g/mol. The third-order valence-electron chi connectivity index (χ3n) is 2.14. The molecule has 0 radical (unpaired) electrons. The molecule has 0 aromatic rings. The second kappa shape index (κ2) is 7.59. The van der Waals surface area contributed by atoms with E-state index in [1.807, 2.05) is 13.8 Å². The zero-order valence-electron chi connectivity index (χ0n) is 9.58. The largest absolute Gasteiger partial charge is 0.393 e. The van der Waals surface area contributed by atoms with Crippen molar-refractivity contribution in [2.24, 2.45) is 17.6 Å². The molecule has 4 nitrogen and oxygen atoms in total. The van der Waals surface area contributed by atoms with Crippen molar-refractivity contribution in [2.45, 2.75) is 20.3 Å². The van der Waals surface area contributed by atoms with Crippen molar-refractivity contribution >= 4 is 23.1 Å². The maximum Gasteiger partial charge on any atom is 0.229 e. The van der Waals surface area contributed by atoms with Crippen molar-refractivity contribution in [2.75, 3.05) is 20.3 Å². The molecule has 0 aliphatic rings. The number of amides is 1. The van der Waals surface area contributed by atoms with Gasteiger partial charge in [0.05, 0.1) is 17.5 Å². The molecule has 0 aliphatic heterocycles. The lowest BCUT2D eigenvalue weighted by Crippen LogP contribution is -2.39. The topological polar surface area (TPSA) is 64.3 Å². The number of carbonyl (C=O) groups is 1. The number of nitrogens with one attached hydrogen (secondary N) is 1. The van der Waals surface area contributed by atoms with E-state index in [1.165, 1.54) is 0 Å². The van der Waals surface area contributed by atoms with E-state index in [-0.39, 0.29) is 16.8 Å². The van der Waals surface area contributed by atoms with Crippen LogP contribution in [-0.4, -0.2) is 31.2 Å². The average molecular weight is 232 g/mol. The number of hydrogen-bond acceptors (Lipinski definition) is 3. The minimum Gasteiger partial charge on any atom is -0.393 e. The molecule has 2 atom stereocenters. The molecule has 5 heteroatoms. The van der Waals surface area contributed by atoms with Crippen LogP contribution in [0.4, 0.5) is 0 Å². The Morgan fingerprint density at radius 3 is 2.60 bits per heavy atom. The number of hydrogen-bond donors (Lipinski definition) is 2. The molecule has 1 amide bonds. The standard InChI is InChI=1S/C10H20N2O2S/c1-4-8(9(11)15)10(13)12-5-7(2)6-14-3/h7-8H,4-6H2,1-3H3,(H2,11,15)(H,12,13). The molecule has 2 unspecified atom stereocenters. The molecule has 0 fully saturated rings. The highest BCUT2D eigenvalue weighted by atomic mass is 32.1. The van der Waals surface area contributed by atoms with Crippen molar-refractivity contribution < 1.29 is 9.53 Å². The predicted molar refractivity (Wildman–Crippen MR) is 64.6 cm³/mol. The van der Waals surface area contributed by atoms with Crippen molar-refractivity contribution in [1.29, 1.82) is 0 Å². The predicted octanol–water partition coefficient (Wildman–Crippen LogP) is 0.697. The van der Waals surface area contributed by atoms with Gasteiger partial charge >= 0.3 is 0 Å². The fourth-order valence-electron chi connectivity index (χ4n) is 1.26. The van der Waals surface area contributed by atoms with Crippen LogP contribution in [0.15, 0.2) is 0 Å². The van der Waals surface area contributed by atoms with E-state index in [0.29, 0.717) is 25.5 Å². The van der Waals surface area contributed by atoms with Crippen molar-refractivity contribution in [3.8, 4) is 0 Å². The van der Waals surface area contributed by atoms with E-state index in [2.05, 4.69) is 5.32 Å². The molecule has 88 valence electrons. The van der Waals surface area contributed by atoms with Gasteiger partial charge in [0.15, 0.2) is 0 Å². The molecule has 0 bridgehead atoms. The van der Waals surface area contributed by atoms with Crippen LogP contribution < -0.4 is 11.1 Å². The number of nitrogens with two attached hydrogens (primary N) is 1. The third-order valence-corrected chi connectivity index (χ3v) is 2.43. The molecule has 0 spiro atoms. The van der Waals surface area contributed by atoms with Gasteiger partial charge in [0.1, 0.15) is 0 Å². The fourth-order valence-corrected chi connectivity index (χ4v) is 1.53. The summed E-state index contributed by atoms with van der Waals surface area (Å²) in [7, 11) is 1.64. The second-order valence-electron chi connectivity index (χ2n) is 3.67. The van der Waals surface area contributed by atoms with Crippen LogP contribution in [0.2, 0.25) is 0 Å². The van der Waals surface area contributed by atoms with Crippen molar-refractivity contribution in [3.05, 3.63) is 0 Å². The van der Waals surface area contributed by atoms with Gasteiger partial charge in [0, 0.05) is 13.7 Å². The summed E-state index contributed by atoms with van der Waals surface area (Å²) < 4.78 is 4.97. The van der Waals surface area contributed by atoms with Gasteiger partial charge < -0.3 is 15.8 Å². The first kappa shape index (κ1) is 14.3. The maximum absolute atomic E-state index is 11.6. The lowest BCUT2D eigenvalue weighted by atomic mass is 10.1. The minimum atomic E-state index is -0.352. The average Bonchev–Trinajstić information content (AvgIpc) is 2.15. The number of methoxy groups -OCH3 is 1. The quantitative estimate of drug-likeness (QED) is 0.634. The van der Waals surface area contributed by atoms with Crippen LogP contribution in [0, 0.1) is 11.8 Å². The summed E-state index contributed by atoms with van der Waals surface area (Å²) in [6, 6.07) is 0. The van der Waals surface area contributed by atoms with Gasteiger partial charge in [-0.15, -0.1) is 0 Å². The molecule has 15 heavy (non-hydrogen) atoms. The summed E-state index contributed by atoms with van der Waals surface area (Å²) in [5.74, 6) is -0.148. The zero-order valence-corrected chi connectivity index (χ0v) is 10.4. The van der Waals surface area contributed by atoms with Crippen LogP contribution >= 0.6 is 12.2 Å². The lowest BCUT2D eigenvalue weighted by molar-refractivity contribution is -0.123. The monoisotopic (exact) mass is 232 g/mol. The van der Waals surface area contributed by atoms with Gasteiger partial charge in [-0.25, -0.2) is 0 Å². The molecule has 0 saturated carbocycles. The summed E-state index contributed by atoms with van der Waals surface area (Å²) in [6.45, 7) is 5.11. The highest BCUT2D eigenvalue weighted by Gasteiger charge is 2.19. The Morgan fingerprint density at radius 1 is 1.60 bits per heavy atom. The van der Waals surface area contributed by atoms with Gasteiger partial charge in [0.2, 0.25) is 5.91 Å².